The lowest BCUT2D eigenvalue weighted by molar-refractivity contribution is -0.135. The second kappa shape index (κ2) is 6.21. The van der Waals surface area contributed by atoms with E-state index in [1.165, 1.54) is 0 Å². The van der Waals surface area contributed by atoms with Crippen LogP contribution in [0.3, 0.4) is 0 Å². The van der Waals surface area contributed by atoms with Crippen LogP contribution in [0.15, 0.2) is 0 Å². The fraction of sp³-hybridized carbons (Fsp3) is 0.917. The molecule has 0 aromatic carbocycles. The third-order valence-corrected chi connectivity index (χ3v) is 3.01. The largest absolute Gasteiger partial charge is 0.339 e. The van der Waals surface area contributed by atoms with Gasteiger partial charge in [0.15, 0.2) is 0 Å². The average molecular weight is 227 g/mol. The lowest BCUT2D eigenvalue weighted by Gasteiger charge is -2.34. The first-order valence-electron chi connectivity index (χ1n) is 6.33. The van der Waals surface area contributed by atoms with E-state index in [0.717, 1.165) is 26.1 Å². The van der Waals surface area contributed by atoms with Crippen molar-refractivity contribution in [2.24, 2.45) is 0 Å². The third kappa shape index (κ3) is 3.46. The number of hydrogen-bond acceptors (Lipinski definition) is 3. The van der Waals surface area contributed by atoms with Crippen LogP contribution in [0.4, 0.5) is 0 Å². The molecule has 2 unspecified atom stereocenters. The van der Waals surface area contributed by atoms with E-state index in [2.05, 4.69) is 38.3 Å². The highest BCUT2D eigenvalue weighted by Crippen LogP contribution is 2.05. The second-order valence-electron chi connectivity index (χ2n) is 4.90. The van der Waals surface area contributed by atoms with Gasteiger partial charge in [-0.1, -0.05) is 6.92 Å². The van der Waals surface area contributed by atoms with Crippen molar-refractivity contribution in [2.75, 3.05) is 19.6 Å². The molecule has 1 aliphatic rings. The zero-order chi connectivity index (χ0) is 12.1. The van der Waals surface area contributed by atoms with Crippen LogP contribution in [0.25, 0.3) is 0 Å². The summed E-state index contributed by atoms with van der Waals surface area (Å²) < 4.78 is 0. The van der Waals surface area contributed by atoms with Gasteiger partial charge in [0.1, 0.15) is 0 Å². The summed E-state index contributed by atoms with van der Waals surface area (Å²) >= 11 is 0. The molecular weight excluding hydrogens is 202 g/mol. The van der Waals surface area contributed by atoms with Crippen LogP contribution in [0.2, 0.25) is 0 Å². The van der Waals surface area contributed by atoms with Crippen molar-refractivity contribution in [3.8, 4) is 0 Å². The van der Waals surface area contributed by atoms with E-state index in [1.54, 1.807) is 0 Å². The van der Waals surface area contributed by atoms with Crippen molar-refractivity contribution in [1.29, 1.82) is 0 Å². The maximum Gasteiger partial charge on any atom is 0.241 e. The van der Waals surface area contributed by atoms with Gasteiger partial charge in [0.05, 0.1) is 6.04 Å². The van der Waals surface area contributed by atoms with E-state index in [9.17, 15) is 4.79 Å². The topological polar surface area (TPSA) is 44.4 Å². The predicted octanol–water partition coefficient (Wildman–Crippen LogP) is 0.583. The molecule has 4 nitrogen and oxygen atoms in total. The predicted molar refractivity (Wildman–Crippen MR) is 66.4 cm³/mol. The number of nitrogens with one attached hydrogen (secondary N) is 2. The number of carbonyl (C=O) groups is 1. The van der Waals surface area contributed by atoms with E-state index in [1.807, 2.05) is 4.90 Å². The normalized spacial score (nSPS) is 25.8. The highest BCUT2D eigenvalue weighted by molar-refractivity contribution is 5.82. The number of hydrogen-bond donors (Lipinski definition) is 2. The molecule has 0 bridgehead atoms. The summed E-state index contributed by atoms with van der Waals surface area (Å²) in [5.41, 5.74) is 0. The number of carbonyl (C=O) groups excluding carboxylic acids is 1. The van der Waals surface area contributed by atoms with Gasteiger partial charge < -0.3 is 15.5 Å². The van der Waals surface area contributed by atoms with E-state index in [4.69, 9.17) is 0 Å². The fourth-order valence-corrected chi connectivity index (χ4v) is 2.02. The van der Waals surface area contributed by atoms with Crippen LogP contribution in [0.5, 0.6) is 0 Å². The average Bonchev–Trinajstić information content (AvgIpc) is 2.25. The minimum atomic E-state index is -0.0508. The Kier molecular flexibility index (Phi) is 5.22. The zero-order valence-corrected chi connectivity index (χ0v) is 10.9. The minimum Gasteiger partial charge on any atom is -0.339 e. The summed E-state index contributed by atoms with van der Waals surface area (Å²) in [6, 6.07) is 0.696. The van der Waals surface area contributed by atoms with Crippen molar-refractivity contribution in [1.82, 2.24) is 15.5 Å². The summed E-state index contributed by atoms with van der Waals surface area (Å²) in [6.07, 6.45) is 1.01. The number of piperazine rings is 1. The molecule has 1 rings (SSSR count). The van der Waals surface area contributed by atoms with Gasteiger partial charge in [0.2, 0.25) is 5.91 Å². The Hall–Kier alpha value is -0.610. The van der Waals surface area contributed by atoms with Crippen LogP contribution in [0, 0.1) is 0 Å². The fourth-order valence-electron chi connectivity index (χ4n) is 2.02. The monoisotopic (exact) mass is 227 g/mol. The molecule has 1 aliphatic heterocycles. The molecule has 0 aliphatic carbocycles. The van der Waals surface area contributed by atoms with Gasteiger partial charge in [0.25, 0.3) is 0 Å². The first-order chi connectivity index (χ1) is 7.56. The number of amides is 1. The highest BCUT2D eigenvalue weighted by Gasteiger charge is 2.28. The van der Waals surface area contributed by atoms with Crippen LogP contribution in [-0.2, 0) is 4.79 Å². The van der Waals surface area contributed by atoms with Crippen LogP contribution in [-0.4, -0.2) is 48.6 Å². The molecule has 94 valence electrons. The van der Waals surface area contributed by atoms with Crippen LogP contribution >= 0.6 is 0 Å². The Balaban J connectivity index is 2.53. The quantitative estimate of drug-likeness (QED) is 0.738. The van der Waals surface area contributed by atoms with E-state index in [0.29, 0.717) is 6.04 Å². The SMILES string of the molecule is CCCN(C(=O)C1CNC(C)CN1)C(C)C. The Morgan fingerprint density at radius 3 is 2.50 bits per heavy atom. The molecule has 1 heterocycles. The third-order valence-electron chi connectivity index (χ3n) is 3.01. The highest BCUT2D eigenvalue weighted by atomic mass is 16.2. The van der Waals surface area contributed by atoms with Crippen molar-refractivity contribution in [2.45, 2.75) is 52.2 Å². The van der Waals surface area contributed by atoms with Gasteiger partial charge in [-0.15, -0.1) is 0 Å². The molecule has 1 saturated heterocycles. The summed E-state index contributed by atoms with van der Waals surface area (Å²) in [4.78, 5) is 14.2. The molecule has 0 spiro atoms. The van der Waals surface area contributed by atoms with Crippen LogP contribution < -0.4 is 10.6 Å². The molecule has 1 fully saturated rings. The summed E-state index contributed by atoms with van der Waals surface area (Å²) in [5, 5.41) is 6.65. The zero-order valence-electron chi connectivity index (χ0n) is 10.9. The summed E-state index contributed by atoms with van der Waals surface area (Å²) in [7, 11) is 0. The van der Waals surface area contributed by atoms with Gasteiger partial charge in [-0.25, -0.2) is 0 Å². The lowest BCUT2D eigenvalue weighted by atomic mass is 10.1. The molecule has 4 heteroatoms. The van der Waals surface area contributed by atoms with Crippen molar-refractivity contribution < 1.29 is 4.79 Å². The Labute approximate surface area is 98.8 Å². The van der Waals surface area contributed by atoms with Gasteiger partial charge >= 0.3 is 0 Å². The molecule has 1 amide bonds. The number of nitrogens with zero attached hydrogens (tertiary/aromatic N) is 1. The standard InChI is InChI=1S/C12H25N3O/c1-5-6-15(9(2)3)12(16)11-8-13-10(4)7-14-11/h9-11,13-14H,5-8H2,1-4H3. The molecule has 0 aromatic rings. The Bertz CT molecular complexity index is 222. The molecule has 0 radical (unpaired) electrons. The van der Waals surface area contributed by atoms with Crippen LogP contribution in [0.1, 0.15) is 34.1 Å². The van der Waals surface area contributed by atoms with Gasteiger partial charge in [-0.2, -0.15) is 0 Å². The summed E-state index contributed by atoms with van der Waals surface area (Å²) in [5.74, 6) is 0.233. The second-order valence-corrected chi connectivity index (χ2v) is 4.90. The van der Waals surface area contributed by atoms with E-state index in [-0.39, 0.29) is 18.0 Å². The first-order valence-corrected chi connectivity index (χ1v) is 6.33. The molecule has 0 saturated carbocycles. The lowest BCUT2D eigenvalue weighted by Crippen LogP contribution is -2.60. The maximum atomic E-state index is 12.3. The van der Waals surface area contributed by atoms with Gasteiger partial charge in [-0.3, -0.25) is 4.79 Å². The molecule has 2 N–H and O–H groups in total. The summed E-state index contributed by atoms with van der Waals surface area (Å²) in [6.45, 7) is 10.8. The number of rotatable bonds is 4. The molecule has 2 atom stereocenters. The van der Waals surface area contributed by atoms with Crippen molar-refractivity contribution in [3.63, 3.8) is 0 Å². The Morgan fingerprint density at radius 1 is 1.38 bits per heavy atom. The molecule has 0 aromatic heterocycles. The molecular formula is C12H25N3O. The van der Waals surface area contributed by atoms with Gasteiger partial charge in [-0.05, 0) is 27.2 Å². The first kappa shape index (κ1) is 13.5. The smallest absolute Gasteiger partial charge is 0.241 e. The van der Waals surface area contributed by atoms with Crippen molar-refractivity contribution in [3.05, 3.63) is 0 Å². The van der Waals surface area contributed by atoms with Crippen molar-refractivity contribution >= 4 is 5.91 Å². The maximum absolute atomic E-state index is 12.3. The van der Waals surface area contributed by atoms with Gasteiger partial charge in [0, 0.05) is 31.7 Å². The van der Waals surface area contributed by atoms with E-state index >= 15 is 0 Å². The molecule has 16 heavy (non-hydrogen) atoms. The Morgan fingerprint density at radius 2 is 2.06 bits per heavy atom. The minimum absolute atomic E-state index is 0.0508. The van der Waals surface area contributed by atoms with E-state index < -0.39 is 0 Å².